The van der Waals surface area contributed by atoms with Gasteiger partial charge in [-0.25, -0.2) is 4.79 Å². The zero-order chi connectivity index (χ0) is 16.8. The van der Waals surface area contributed by atoms with Crippen molar-refractivity contribution < 1.29 is 19.1 Å². The highest BCUT2D eigenvalue weighted by Crippen LogP contribution is 2.27. The Labute approximate surface area is 146 Å². The molecule has 0 radical (unpaired) electrons. The summed E-state index contributed by atoms with van der Waals surface area (Å²) in [6.45, 7) is 3.76. The topological polar surface area (TPSA) is 64.6 Å². The number of aryl methyl sites for hydroxylation is 1. The summed E-state index contributed by atoms with van der Waals surface area (Å²) in [7, 11) is 0. The maximum Gasteiger partial charge on any atom is 0.348 e. The van der Waals surface area contributed by atoms with E-state index in [0.717, 1.165) is 10.0 Å². The van der Waals surface area contributed by atoms with E-state index in [1.807, 2.05) is 12.1 Å². The normalized spacial score (nSPS) is 10.2. The van der Waals surface area contributed by atoms with Gasteiger partial charge in [-0.1, -0.05) is 22.0 Å². The third kappa shape index (κ3) is 5.07. The van der Waals surface area contributed by atoms with E-state index in [-0.39, 0.29) is 18.5 Å². The first kappa shape index (κ1) is 17.5. The van der Waals surface area contributed by atoms with Crippen LogP contribution in [0.5, 0.6) is 5.75 Å². The maximum absolute atomic E-state index is 11.9. The summed E-state index contributed by atoms with van der Waals surface area (Å²) in [4.78, 5) is 24.2. The maximum atomic E-state index is 11.9. The van der Waals surface area contributed by atoms with Crippen LogP contribution >= 0.6 is 27.3 Å². The number of carbonyl (C=O) groups is 2. The second-order valence-electron chi connectivity index (χ2n) is 4.64. The molecule has 0 saturated carbocycles. The van der Waals surface area contributed by atoms with Crippen LogP contribution < -0.4 is 10.1 Å². The van der Waals surface area contributed by atoms with Crippen LogP contribution in [-0.2, 0) is 9.53 Å². The molecule has 0 fully saturated rings. The van der Waals surface area contributed by atoms with Crippen molar-refractivity contribution in [2.24, 2.45) is 0 Å². The zero-order valence-electron chi connectivity index (χ0n) is 12.7. The van der Waals surface area contributed by atoms with Crippen LogP contribution in [0.1, 0.15) is 22.2 Å². The molecule has 2 rings (SSSR count). The molecule has 0 saturated heterocycles. The standard InChI is InChI=1S/C16H16BrNO4S/c1-3-21-16(20)15-10(2)7-14(23-15)18-13(19)9-22-12-6-4-5-11(17)8-12/h4-8H,3,9H2,1-2H3,(H,18,19). The van der Waals surface area contributed by atoms with Gasteiger partial charge in [-0.15, -0.1) is 11.3 Å². The minimum atomic E-state index is -0.374. The van der Waals surface area contributed by atoms with E-state index < -0.39 is 0 Å². The Kier molecular flexibility index (Phi) is 6.18. The van der Waals surface area contributed by atoms with Gasteiger partial charge in [0.05, 0.1) is 11.6 Å². The van der Waals surface area contributed by atoms with Crippen LogP contribution in [-0.4, -0.2) is 25.1 Å². The predicted molar refractivity (Wildman–Crippen MR) is 93.3 cm³/mol. The molecule has 0 bridgehead atoms. The fourth-order valence-corrected chi connectivity index (χ4v) is 3.18. The molecule has 0 spiro atoms. The number of amides is 1. The Morgan fingerprint density at radius 3 is 2.78 bits per heavy atom. The van der Waals surface area contributed by atoms with E-state index in [9.17, 15) is 9.59 Å². The van der Waals surface area contributed by atoms with E-state index in [1.165, 1.54) is 11.3 Å². The molecule has 1 aromatic heterocycles. The van der Waals surface area contributed by atoms with Crippen molar-refractivity contribution in [1.29, 1.82) is 0 Å². The van der Waals surface area contributed by atoms with E-state index in [2.05, 4.69) is 21.2 Å². The first-order valence-corrected chi connectivity index (χ1v) is 8.56. The van der Waals surface area contributed by atoms with Gasteiger partial charge in [0.25, 0.3) is 5.91 Å². The van der Waals surface area contributed by atoms with E-state index in [4.69, 9.17) is 9.47 Å². The molecule has 1 amide bonds. The molecular weight excluding hydrogens is 382 g/mol. The molecule has 1 heterocycles. The van der Waals surface area contributed by atoms with Crippen molar-refractivity contribution in [3.8, 4) is 5.75 Å². The van der Waals surface area contributed by atoms with Crippen LogP contribution in [0.2, 0.25) is 0 Å². The Bertz CT molecular complexity index is 714. The number of hydrogen-bond acceptors (Lipinski definition) is 5. The van der Waals surface area contributed by atoms with Crippen LogP contribution in [0, 0.1) is 6.92 Å². The van der Waals surface area contributed by atoms with Gasteiger partial charge >= 0.3 is 5.97 Å². The lowest BCUT2D eigenvalue weighted by Gasteiger charge is -2.06. The molecule has 7 heteroatoms. The van der Waals surface area contributed by atoms with Gasteiger partial charge in [-0.2, -0.15) is 0 Å². The number of esters is 1. The molecule has 2 aromatic rings. The van der Waals surface area contributed by atoms with Gasteiger partial charge in [0.2, 0.25) is 0 Å². The lowest BCUT2D eigenvalue weighted by Crippen LogP contribution is -2.19. The Hall–Kier alpha value is -1.86. The van der Waals surface area contributed by atoms with E-state index in [1.54, 1.807) is 32.0 Å². The minimum absolute atomic E-state index is 0.109. The first-order valence-electron chi connectivity index (χ1n) is 6.95. The number of carbonyl (C=O) groups excluding carboxylic acids is 2. The number of rotatable bonds is 6. The molecular formula is C16H16BrNO4S. The molecule has 0 aliphatic heterocycles. The van der Waals surface area contributed by atoms with Crippen LogP contribution in [0.15, 0.2) is 34.8 Å². The zero-order valence-corrected chi connectivity index (χ0v) is 15.1. The summed E-state index contributed by atoms with van der Waals surface area (Å²) in [5, 5.41) is 3.31. The molecule has 0 atom stereocenters. The SMILES string of the molecule is CCOC(=O)c1sc(NC(=O)COc2cccc(Br)c2)cc1C. The van der Waals surface area contributed by atoms with Crippen LogP contribution in [0.4, 0.5) is 5.00 Å². The third-order valence-electron chi connectivity index (χ3n) is 2.81. The Morgan fingerprint density at radius 2 is 2.09 bits per heavy atom. The largest absolute Gasteiger partial charge is 0.484 e. The van der Waals surface area contributed by atoms with Crippen molar-refractivity contribution in [1.82, 2.24) is 0 Å². The van der Waals surface area contributed by atoms with E-state index in [0.29, 0.717) is 22.2 Å². The van der Waals surface area contributed by atoms with Crippen molar-refractivity contribution in [3.05, 3.63) is 45.2 Å². The summed E-state index contributed by atoms with van der Waals surface area (Å²) >= 11 is 4.53. The summed E-state index contributed by atoms with van der Waals surface area (Å²) < 4.78 is 11.3. The highest BCUT2D eigenvalue weighted by molar-refractivity contribution is 9.10. The quantitative estimate of drug-likeness (QED) is 0.747. The van der Waals surface area contributed by atoms with Crippen LogP contribution in [0.25, 0.3) is 0 Å². The van der Waals surface area contributed by atoms with Gasteiger partial charge in [0.1, 0.15) is 10.6 Å². The molecule has 0 aliphatic rings. The summed E-state index contributed by atoms with van der Waals surface area (Å²) in [6, 6.07) is 8.99. The van der Waals surface area contributed by atoms with Crippen molar-refractivity contribution in [2.45, 2.75) is 13.8 Å². The fraction of sp³-hybridized carbons (Fsp3) is 0.250. The predicted octanol–water partition coefficient (Wildman–Crippen LogP) is 4.01. The lowest BCUT2D eigenvalue weighted by molar-refractivity contribution is -0.118. The second kappa shape index (κ2) is 8.12. The highest BCUT2D eigenvalue weighted by atomic mass is 79.9. The van der Waals surface area contributed by atoms with Crippen molar-refractivity contribution in [2.75, 3.05) is 18.5 Å². The van der Waals surface area contributed by atoms with Gasteiger partial charge in [0.15, 0.2) is 6.61 Å². The van der Waals surface area contributed by atoms with Crippen molar-refractivity contribution >= 4 is 44.1 Å². The number of ether oxygens (including phenoxy) is 2. The number of halogens is 1. The highest BCUT2D eigenvalue weighted by Gasteiger charge is 2.16. The van der Waals surface area contributed by atoms with Crippen molar-refractivity contribution in [3.63, 3.8) is 0 Å². The average molecular weight is 398 g/mol. The van der Waals surface area contributed by atoms with Gasteiger partial charge < -0.3 is 14.8 Å². The summed E-state index contributed by atoms with van der Waals surface area (Å²) in [6.07, 6.45) is 0. The lowest BCUT2D eigenvalue weighted by atomic mass is 10.3. The smallest absolute Gasteiger partial charge is 0.348 e. The van der Waals surface area contributed by atoms with E-state index >= 15 is 0 Å². The number of hydrogen-bond donors (Lipinski definition) is 1. The molecule has 1 aromatic carbocycles. The second-order valence-corrected chi connectivity index (χ2v) is 6.61. The summed E-state index contributed by atoms with van der Waals surface area (Å²) in [5.41, 5.74) is 0.775. The minimum Gasteiger partial charge on any atom is -0.484 e. The molecule has 122 valence electrons. The van der Waals surface area contributed by atoms with Gasteiger partial charge in [0, 0.05) is 4.47 Å². The number of benzene rings is 1. The molecule has 23 heavy (non-hydrogen) atoms. The monoisotopic (exact) mass is 397 g/mol. The number of anilines is 1. The summed E-state index contributed by atoms with van der Waals surface area (Å²) in [5.74, 6) is -0.0633. The fourth-order valence-electron chi connectivity index (χ4n) is 1.82. The third-order valence-corrected chi connectivity index (χ3v) is 4.43. The van der Waals surface area contributed by atoms with Gasteiger partial charge in [-0.05, 0) is 43.7 Å². The first-order chi connectivity index (χ1) is 11.0. The molecule has 0 aliphatic carbocycles. The average Bonchev–Trinajstić information content (AvgIpc) is 2.86. The number of thiophene rings is 1. The molecule has 5 nitrogen and oxygen atoms in total. The van der Waals surface area contributed by atoms with Gasteiger partial charge in [-0.3, -0.25) is 4.79 Å². The Morgan fingerprint density at radius 1 is 1.30 bits per heavy atom. The Balaban J connectivity index is 1.93. The van der Waals surface area contributed by atoms with Crippen LogP contribution in [0.3, 0.4) is 0 Å². The number of nitrogens with one attached hydrogen (secondary N) is 1. The molecule has 0 unspecified atom stereocenters. The molecule has 1 N–H and O–H groups in total.